The Morgan fingerprint density at radius 2 is 1.55 bits per heavy atom. The van der Waals surface area contributed by atoms with Gasteiger partial charge < -0.3 is 4.43 Å². The van der Waals surface area contributed by atoms with Crippen LogP contribution in [-0.4, -0.2) is 13.9 Å². The SMILES string of the molecule is CC(C#N)(C#N)O[Si](C)(C)C. The van der Waals surface area contributed by atoms with Crippen molar-refractivity contribution in [1.29, 1.82) is 10.5 Å². The Hall–Kier alpha value is -0.843. The van der Waals surface area contributed by atoms with Crippen LogP contribution in [-0.2, 0) is 4.43 Å². The first-order chi connectivity index (χ1) is 4.83. The van der Waals surface area contributed by atoms with E-state index >= 15 is 0 Å². The Kier molecular flexibility index (Phi) is 2.81. The summed E-state index contributed by atoms with van der Waals surface area (Å²) in [6, 6.07) is 3.67. The monoisotopic (exact) mass is 168 g/mol. The van der Waals surface area contributed by atoms with Gasteiger partial charge in [0.1, 0.15) is 12.1 Å². The van der Waals surface area contributed by atoms with Crippen LogP contribution < -0.4 is 0 Å². The lowest BCUT2D eigenvalue weighted by Crippen LogP contribution is -2.38. The summed E-state index contributed by atoms with van der Waals surface area (Å²) in [7, 11) is -1.78. The normalized spacial score (nSPS) is 11.8. The van der Waals surface area contributed by atoms with E-state index < -0.39 is 13.9 Å². The van der Waals surface area contributed by atoms with Crippen molar-refractivity contribution < 1.29 is 4.43 Å². The molecule has 0 aromatic rings. The van der Waals surface area contributed by atoms with Gasteiger partial charge in [0, 0.05) is 0 Å². The molecule has 0 N–H and O–H groups in total. The summed E-state index contributed by atoms with van der Waals surface area (Å²) >= 11 is 0. The molecule has 0 aromatic heterocycles. The van der Waals surface area contributed by atoms with Crippen LogP contribution in [0.5, 0.6) is 0 Å². The van der Waals surface area contributed by atoms with Crippen molar-refractivity contribution in [1.82, 2.24) is 0 Å². The van der Waals surface area contributed by atoms with Crippen molar-refractivity contribution in [3.8, 4) is 12.1 Å². The minimum Gasteiger partial charge on any atom is -0.390 e. The van der Waals surface area contributed by atoms with E-state index in [0.717, 1.165) is 0 Å². The van der Waals surface area contributed by atoms with E-state index in [1.165, 1.54) is 6.92 Å². The molecule has 0 unspecified atom stereocenters. The fourth-order valence-electron chi connectivity index (χ4n) is 0.683. The fourth-order valence-corrected chi connectivity index (χ4v) is 2.00. The first-order valence-electron chi connectivity index (χ1n) is 3.36. The van der Waals surface area contributed by atoms with Gasteiger partial charge in [-0.25, -0.2) is 0 Å². The Morgan fingerprint density at radius 1 is 1.18 bits per heavy atom. The Labute approximate surface area is 68.3 Å². The summed E-state index contributed by atoms with van der Waals surface area (Å²) in [5, 5.41) is 17.1. The standard InChI is InChI=1S/C7H12N2OSi/c1-7(5-8,6-9)10-11(2,3)4/h1-4H3. The molecule has 3 nitrogen and oxygen atoms in total. The minimum atomic E-state index is -1.78. The van der Waals surface area contributed by atoms with Gasteiger partial charge in [-0.05, 0) is 26.6 Å². The number of nitriles is 2. The molecule has 0 heterocycles. The third-order valence-electron chi connectivity index (χ3n) is 0.937. The van der Waals surface area contributed by atoms with Crippen molar-refractivity contribution in [2.24, 2.45) is 0 Å². The van der Waals surface area contributed by atoms with Gasteiger partial charge in [-0.2, -0.15) is 10.5 Å². The van der Waals surface area contributed by atoms with Crippen molar-refractivity contribution in [3.05, 3.63) is 0 Å². The average molecular weight is 168 g/mol. The molecular weight excluding hydrogens is 156 g/mol. The fraction of sp³-hybridized carbons (Fsp3) is 0.714. The van der Waals surface area contributed by atoms with Crippen LogP contribution in [0, 0.1) is 22.7 Å². The number of rotatable bonds is 2. The summed E-state index contributed by atoms with van der Waals surface area (Å²) in [5.41, 5.74) is -1.26. The zero-order valence-electron chi connectivity index (χ0n) is 7.30. The third kappa shape index (κ3) is 3.77. The maximum Gasteiger partial charge on any atom is 0.229 e. The quantitative estimate of drug-likeness (QED) is 0.589. The number of hydrogen-bond donors (Lipinski definition) is 0. The van der Waals surface area contributed by atoms with Crippen molar-refractivity contribution >= 4 is 8.32 Å². The number of nitrogens with zero attached hydrogens (tertiary/aromatic N) is 2. The molecule has 0 radical (unpaired) electrons. The second kappa shape index (κ2) is 3.04. The van der Waals surface area contributed by atoms with Gasteiger partial charge in [0.15, 0.2) is 8.32 Å². The largest absolute Gasteiger partial charge is 0.390 e. The predicted octanol–water partition coefficient (Wildman–Crippen LogP) is 1.64. The van der Waals surface area contributed by atoms with Crippen molar-refractivity contribution in [2.75, 3.05) is 0 Å². The average Bonchev–Trinajstić information content (AvgIpc) is 1.84. The maximum atomic E-state index is 8.57. The molecule has 0 spiro atoms. The van der Waals surface area contributed by atoms with Crippen LogP contribution >= 0.6 is 0 Å². The smallest absolute Gasteiger partial charge is 0.229 e. The van der Waals surface area contributed by atoms with Crippen LogP contribution in [0.2, 0.25) is 19.6 Å². The Balaban J connectivity index is 4.40. The van der Waals surface area contributed by atoms with Crippen LogP contribution in [0.3, 0.4) is 0 Å². The lowest BCUT2D eigenvalue weighted by atomic mass is 10.2. The molecule has 0 atom stereocenters. The molecule has 60 valence electrons. The van der Waals surface area contributed by atoms with Gasteiger partial charge in [0.25, 0.3) is 0 Å². The van der Waals surface area contributed by atoms with Crippen LogP contribution in [0.15, 0.2) is 0 Å². The molecule has 0 aliphatic heterocycles. The van der Waals surface area contributed by atoms with Gasteiger partial charge in [0.05, 0.1) is 0 Å². The highest BCUT2D eigenvalue weighted by Crippen LogP contribution is 2.15. The highest BCUT2D eigenvalue weighted by atomic mass is 28.4. The molecule has 0 aliphatic carbocycles. The molecule has 0 saturated heterocycles. The zero-order chi connectivity index (χ0) is 9.12. The second-order valence-corrected chi connectivity index (χ2v) is 7.90. The first-order valence-corrected chi connectivity index (χ1v) is 6.76. The molecule has 11 heavy (non-hydrogen) atoms. The molecule has 0 aromatic carbocycles. The van der Waals surface area contributed by atoms with E-state index in [1.807, 2.05) is 31.8 Å². The van der Waals surface area contributed by atoms with E-state index in [4.69, 9.17) is 14.9 Å². The first kappa shape index (κ1) is 10.2. The predicted molar refractivity (Wildman–Crippen MR) is 44.1 cm³/mol. The summed E-state index contributed by atoms with van der Waals surface area (Å²) in [6.45, 7) is 7.32. The third-order valence-corrected chi connectivity index (χ3v) is 1.96. The van der Waals surface area contributed by atoms with Crippen molar-refractivity contribution in [3.63, 3.8) is 0 Å². The topological polar surface area (TPSA) is 56.8 Å². The molecule has 0 saturated carbocycles. The summed E-state index contributed by atoms with van der Waals surface area (Å²) in [4.78, 5) is 0. The summed E-state index contributed by atoms with van der Waals surface area (Å²) in [5.74, 6) is 0. The molecular formula is C7H12N2OSi. The summed E-state index contributed by atoms with van der Waals surface area (Å²) < 4.78 is 5.34. The van der Waals surface area contributed by atoms with Gasteiger partial charge in [-0.1, -0.05) is 0 Å². The van der Waals surface area contributed by atoms with Gasteiger partial charge in [0.2, 0.25) is 5.60 Å². The lowest BCUT2D eigenvalue weighted by molar-refractivity contribution is 0.200. The van der Waals surface area contributed by atoms with Gasteiger partial charge in [-0.3, -0.25) is 0 Å². The molecule has 0 amide bonds. The molecule has 0 aliphatic rings. The molecule has 4 heteroatoms. The highest BCUT2D eigenvalue weighted by Gasteiger charge is 2.31. The van der Waals surface area contributed by atoms with Crippen LogP contribution in [0.1, 0.15) is 6.92 Å². The Morgan fingerprint density at radius 3 is 1.64 bits per heavy atom. The van der Waals surface area contributed by atoms with E-state index in [1.54, 1.807) is 0 Å². The van der Waals surface area contributed by atoms with Crippen LogP contribution in [0.4, 0.5) is 0 Å². The summed E-state index contributed by atoms with van der Waals surface area (Å²) in [6.07, 6.45) is 0. The highest BCUT2D eigenvalue weighted by molar-refractivity contribution is 6.69. The Bertz CT molecular complexity index is 204. The van der Waals surface area contributed by atoms with E-state index in [0.29, 0.717) is 0 Å². The van der Waals surface area contributed by atoms with E-state index in [2.05, 4.69) is 0 Å². The minimum absolute atomic E-state index is 1.26. The van der Waals surface area contributed by atoms with E-state index in [9.17, 15) is 0 Å². The van der Waals surface area contributed by atoms with Gasteiger partial charge in [-0.15, -0.1) is 0 Å². The molecule has 0 bridgehead atoms. The van der Waals surface area contributed by atoms with Crippen molar-refractivity contribution in [2.45, 2.75) is 32.2 Å². The zero-order valence-corrected chi connectivity index (χ0v) is 8.30. The molecule has 0 rings (SSSR count). The van der Waals surface area contributed by atoms with Crippen LogP contribution in [0.25, 0.3) is 0 Å². The lowest BCUT2D eigenvalue weighted by Gasteiger charge is -2.24. The molecule has 0 fully saturated rings. The second-order valence-electron chi connectivity index (χ2n) is 3.47. The maximum absolute atomic E-state index is 8.57. The van der Waals surface area contributed by atoms with Gasteiger partial charge >= 0.3 is 0 Å². The van der Waals surface area contributed by atoms with E-state index in [-0.39, 0.29) is 0 Å². The number of hydrogen-bond acceptors (Lipinski definition) is 3.